The Morgan fingerprint density at radius 1 is 1.21 bits per heavy atom. The highest BCUT2D eigenvalue weighted by Gasteiger charge is 2.30. The van der Waals surface area contributed by atoms with E-state index in [1.54, 1.807) is 5.56 Å². The summed E-state index contributed by atoms with van der Waals surface area (Å²) in [6.45, 7) is 7.36. The van der Waals surface area contributed by atoms with Gasteiger partial charge in [0.15, 0.2) is 0 Å². The lowest BCUT2D eigenvalue weighted by molar-refractivity contribution is -0.0647. The molecule has 2 aliphatic rings. The molecule has 2 heteroatoms. The van der Waals surface area contributed by atoms with Crippen LogP contribution in [0.2, 0.25) is 0 Å². The zero-order valence-corrected chi connectivity index (χ0v) is 11.7. The maximum absolute atomic E-state index is 3.95. The quantitative estimate of drug-likeness (QED) is 0.760. The summed E-state index contributed by atoms with van der Waals surface area (Å²) in [5.74, 6) is 0. The molecule has 0 radical (unpaired) electrons. The summed E-state index contributed by atoms with van der Waals surface area (Å²) in [6.07, 6.45) is 8.59. The van der Waals surface area contributed by atoms with Crippen LogP contribution in [0.1, 0.15) is 42.9 Å². The number of aryl methyl sites for hydroxylation is 1. The van der Waals surface area contributed by atoms with Crippen LogP contribution in [-0.2, 0) is 6.42 Å². The maximum Gasteiger partial charge on any atom is 0.0504 e. The van der Waals surface area contributed by atoms with Gasteiger partial charge in [0, 0.05) is 19.6 Å². The summed E-state index contributed by atoms with van der Waals surface area (Å²) in [4.78, 5) is 0. The number of hydrogen-bond acceptors (Lipinski definition) is 2. The zero-order valence-electron chi connectivity index (χ0n) is 11.7. The molecule has 1 atom stereocenters. The molecule has 0 aromatic heterocycles. The van der Waals surface area contributed by atoms with Gasteiger partial charge in [-0.15, -0.1) is 6.58 Å². The fraction of sp³-hybridized carbons (Fsp3) is 0.529. The van der Waals surface area contributed by atoms with E-state index in [0.29, 0.717) is 6.04 Å². The van der Waals surface area contributed by atoms with Gasteiger partial charge in [-0.05, 0) is 36.8 Å². The molecule has 1 aliphatic carbocycles. The third kappa shape index (κ3) is 2.60. The van der Waals surface area contributed by atoms with Crippen LogP contribution in [0.5, 0.6) is 0 Å². The molecule has 0 bridgehead atoms. The molecular weight excluding hydrogens is 232 g/mol. The summed E-state index contributed by atoms with van der Waals surface area (Å²) in [5.41, 5.74) is 3.08. The van der Waals surface area contributed by atoms with E-state index < -0.39 is 0 Å². The molecule has 2 nitrogen and oxygen atoms in total. The lowest BCUT2D eigenvalue weighted by Crippen LogP contribution is -2.47. The van der Waals surface area contributed by atoms with Crippen molar-refractivity contribution in [2.24, 2.45) is 0 Å². The molecule has 0 amide bonds. The highest BCUT2D eigenvalue weighted by atomic mass is 15.6. The van der Waals surface area contributed by atoms with Crippen molar-refractivity contribution in [2.45, 2.75) is 38.1 Å². The summed E-state index contributed by atoms with van der Waals surface area (Å²) >= 11 is 0. The van der Waals surface area contributed by atoms with E-state index in [0.717, 1.165) is 6.54 Å². The summed E-state index contributed by atoms with van der Waals surface area (Å²) < 4.78 is 0. The third-order valence-corrected chi connectivity index (χ3v) is 4.47. The minimum atomic E-state index is 0.562. The van der Waals surface area contributed by atoms with Gasteiger partial charge in [-0.3, -0.25) is 0 Å². The molecule has 0 N–H and O–H groups in total. The van der Waals surface area contributed by atoms with Gasteiger partial charge in [-0.2, -0.15) is 0 Å². The number of hydrazine groups is 1. The predicted molar refractivity (Wildman–Crippen MR) is 79.8 cm³/mol. The highest BCUT2D eigenvalue weighted by Crippen LogP contribution is 2.36. The van der Waals surface area contributed by atoms with Crippen LogP contribution in [0.25, 0.3) is 0 Å². The lowest BCUT2D eigenvalue weighted by Gasteiger charge is -2.41. The van der Waals surface area contributed by atoms with Gasteiger partial charge in [0.25, 0.3) is 0 Å². The van der Waals surface area contributed by atoms with E-state index in [9.17, 15) is 0 Å². The molecule has 1 aromatic rings. The second-order valence-electron chi connectivity index (χ2n) is 5.68. The van der Waals surface area contributed by atoms with E-state index in [-0.39, 0.29) is 0 Å². The summed E-state index contributed by atoms with van der Waals surface area (Å²) in [5, 5.41) is 5.13. The van der Waals surface area contributed by atoms with E-state index >= 15 is 0 Å². The molecule has 102 valence electrons. The zero-order chi connectivity index (χ0) is 13.1. The van der Waals surface area contributed by atoms with E-state index in [4.69, 9.17) is 0 Å². The van der Waals surface area contributed by atoms with Crippen LogP contribution < -0.4 is 0 Å². The van der Waals surface area contributed by atoms with Crippen molar-refractivity contribution >= 4 is 0 Å². The van der Waals surface area contributed by atoms with E-state index in [2.05, 4.69) is 46.9 Å². The monoisotopic (exact) mass is 256 g/mol. The SMILES string of the molecule is C=CCN(C1CCc2ccccc21)N1CCCCC1. The molecule has 1 saturated heterocycles. The van der Waals surface area contributed by atoms with Crippen LogP contribution in [0.3, 0.4) is 0 Å². The molecule has 1 unspecified atom stereocenters. The first-order chi connectivity index (χ1) is 9.40. The normalized spacial score (nSPS) is 23.5. The fourth-order valence-electron chi connectivity index (χ4n) is 3.55. The Kier molecular flexibility index (Phi) is 4.00. The van der Waals surface area contributed by atoms with Gasteiger partial charge in [0.05, 0.1) is 6.04 Å². The minimum absolute atomic E-state index is 0.562. The topological polar surface area (TPSA) is 6.48 Å². The molecule has 1 fully saturated rings. The minimum Gasteiger partial charge on any atom is -0.241 e. The second-order valence-corrected chi connectivity index (χ2v) is 5.68. The standard InChI is InChI=1S/C17H24N2/c1-2-12-19(18-13-6-3-7-14-18)17-11-10-15-8-4-5-9-16(15)17/h2,4-5,8-9,17H,1,3,6-7,10-14H2. The van der Waals surface area contributed by atoms with Gasteiger partial charge < -0.3 is 0 Å². The van der Waals surface area contributed by atoms with Crippen LogP contribution in [0.15, 0.2) is 36.9 Å². The number of hydrogen-bond donors (Lipinski definition) is 0. The van der Waals surface area contributed by atoms with Gasteiger partial charge in [-0.25, -0.2) is 10.0 Å². The fourth-order valence-corrected chi connectivity index (χ4v) is 3.55. The van der Waals surface area contributed by atoms with Crippen molar-refractivity contribution in [3.05, 3.63) is 48.0 Å². The van der Waals surface area contributed by atoms with Crippen molar-refractivity contribution in [3.8, 4) is 0 Å². The molecule has 3 rings (SSSR count). The van der Waals surface area contributed by atoms with Crippen LogP contribution in [-0.4, -0.2) is 29.7 Å². The molecule has 1 aliphatic heterocycles. The van der Waals surface area contributed by atoms with Gasteiger partial charge >= 0.3 is 0 Å². The number of fused-ring (bicyclic) bond motifs is 1. The summed E-state index contributed by atoms with van der Waals surface area (Å²) in [6, 6.07) is 9.51. The Balaban J connectivity index is 1.82. The highest BCUT2D eigenvalue weighted by molar-refractivity contribution is 5.34. The van der Waals surface area contributed by atoms with Crippen LogP contribution in [0.4, 0.5) is 0 Å². The van der Waals surface area contributed by atoms with E-state index in [1.807, 2.05) is 0 Å². The Morgan fingerprint density at radius 3 is 2.79 bits per heavy atom. The van der Waals surface area contributed by atoms with Crippen molar-refractivity contribution < 1.29 is 0 Å². The maximum atomic E-state index is 3.95. The molecule has 0 spiro atoms. The Bertz CT molecular complexity index is 435. The number of rotatable bonds is 4. The lowest BCUT2D eigenvalue weighted by atomic mass is 10.1. The van der Waals surface area contributed by atoms with Crippen molar-refractivity contribution in [3.63, 3.8) is 0 Å². The van der Waals surface area contributed by atoms with Crippen LogP contribution in [0, 0.1) is 0 Å². The smallest absolute Gasteiger partial charge is 0.0504 e. The molecule has 1 heterocycles. The molecule has 1 aromatic carbocycles. The van der Waals surface area contributed by atoms with Crippen LogP contribution >= 0.6 is 0 Å². The Morgan fingerprint density at radius 2 is 2.00 bits per heavy atom. The van der Waals surface area contributed by atoms with Gasteiger partial charge in [0.1, 0.15) is 0 Å². The van der Waals surface area contributed by atoms with Gasteiger partial charge in [0.2, 0.25) is 0 Å². The number of nitrogens with zero attached hydrogens (tertiary/aromatic N) is 2. The number of benzene rings is 1. The first-order valence-electron chi connectivity index (χ1n) is 7.60. The average molecular weight is 256 g/mol. The number of piperidine rings is 1. The Labute approximate surface area is 116 Å². The predicted octanol–water partition coefficient (Wildman–Crippen LogP) is 3.56. The average Bonchev–Trinajstić information content (AvgIpc) is 2.89. The van der Waals surface area contributed by atoms with Crippen molar-refractivity contribution in [1.29, 1.82) is 0 Å². The van der Waals surface area contributed by atoms with Gasteiger partial charge in [-0.1, -0.05) is 36.8 Å². The Hall–Kier alpha value is -1.12. The molecular formula is C17H24N2. The largest absolute Gasteiger partial charge is 0.241 e. The second kappa shape index (κ2) is 5.89. The van der Waals surface area contributed by atoms with Crippen molar-refractivity contribution in [1.82, 2.24) is 10.0 Å². The van der Waals surface area contributed by atoms with Crippen molar-refractivity contribution in [2.75, 3.05) is 19.6 Å². The third-order valence-electron chi connectivity index (χ3n) is 4.47. The summed E-state index contributed by atoms with van der Waals surface area (Å²) in [7, 11) is 0. The van der Waals surface area contributed by atoms with E-state index in [1.165, 1.54) is 50.8 Å². The first-order valence-corrected chi connectivity index (χ1v) is 7.60. The first kappa shape index (κ1) is 12.9. The molecule has 0 saturated carbocycles. The molecule has 19 heavy (non-hydrogen) atoms.